The highest BCUT2D eigenvalue weighted by Gasteiger charge is 2.23. The molecule has 0 spiro atoms. The van der Waals surface area contributed by atoms with E-state index in [1.54, 1.807) is 29.2 Å². The van der Waals surface area contributed by atoms with E-state index in [4.69, 9.17) is 11.6 Å². The molecule has 0 fully saturated rings. The Morgan fingerprint density at radius 1 is 1.32 bits per heavy atom. The van der Waals surface area contributed by atoms with Crippen molar-refractivity contribution in [1.82, 2.24) is 15.2 Å². The molecule has 3 rings (SSSR count). The minimum absolute atomic E-state index is 0.0132. The van der Waals surface area contributed by atoms with E-state index >= 15 is 0 Å². The van der Waals surface area contributed by atoms with Crippen molar-refractivity contribution < 1.29 is 4.39 Å². The molecule has 2 aromatic rings. The zero-order valence-corrected chi connectivity index (χ0v) is 10.8. The van der Waals surface area contributed by atoms with E-state index < -0.39 is 0 Å². The second kappa shape index (κ2) is 5.01. The number of hydrazone groups is 1. The monoisotopic (exact) mass is 278 g/mol. The molecule has 0 bridgehead atoms. The molecule has 6 heteroatoms. The van der Waals surface area contributed by atoms with Crippen LogP contribution in [0.4, 0.5) is 4.39 Å². The Morgan fingerprint density at radius 2 is 2.11 bits per heavy atom. The van der Waals surface area contributed by atoms with Gasteiger partial charge in [0.25, 0.3) is 0 Å². The molecule has 2 heterocycles. The van der Waals surface area contributed by atoms with Gasteiger partial charge in [0.05, 0.1) is 23.0 Å². The van der Waals surface area contributed by atoms with Crippen molar-refractivity contribution >= 4 is 17.3 Å². The Hall–Kier alpha value is -1.88. The lowest BCUT2D eigenvalue weighted by Crippen LogP contribution is -2.31. The number of hydrogen-bond acceptors (Lipinski definition) is 3. The first kappa shape index (κ1) is 12.2. The van der Waals surface area contributed by atoms with Crippen LogP contribution < -0.4 is 5.43 Å². The molecule has 0 saturated carbocycles. The van der Waals surface area contributed by atoms with E-state index in [0.717, 1.165) is 24.2 Å². The van der Waals surface area contributed by atoms with E-state index in [1.807, 2.05) is 0 Å². The largest absolute Gasteiger partial charge is 0.310 e. The third kappa shape index (κ3) is 2.46. The molecule has 1 aromatic heterocycles. The zero-order chi connectivity index (χ0) is 13.2. The molecule has 0 aliphatic carbocycles. The van der Waals surface area contributed by atoms with Crippen LogP contribution in [0.1, 0.15) is 18.0 Å². The predicted octanol–water partition coefficient (Wildman–Crippen LogP) is 2.61. The van der Waals surface area contributed by atoms with Crippen molar-refractivity contribution in [3.05, 3.63) is 53.1 Å². The van der Waals surface area contributed by atoms with Gasteiger partial charge in [-0.3, -0.25) is 4.68 Å². The normalized spacial score (nSPS) is 18.8. The molecule has 1 N–H and O–H groups in total. The number of nitrogens with one attached hydrogen (secondary N) is 1. The molecule has 4 nitrogen and oxygen atoms in total. The second-order valence-corrected chi connectivity index (χ2v) is 4.79. The molecular formula is C13H12ClFN4. The van der Waals surface area contributed by atoms with Gasteiger partial charge in [0.1, 0.15) is 5.82 Å². The Balaban J connectivity index is 1.97. The lowest BCUT2D eigenvalue weighted by atomic mass is 10.00. The number of hydrogen-bond donors (Lipinski definition) is 1. The molecule has 19 heavy (non-hydrogen) atoms. The number of halogens is 2. The highest BCUT2D eigenvalue weighted by molar-refractivity contribution is 6.30. The maximum absolute atomic E-state index is 13.0. The van der Waals surface area contributed by atoms with Crippen molar-refractivity contribution in [3.8, 4) is 0 Å². The van der Waals surface area contributed by atoms with Gasteiger partial charge in [0.15, 0.2) is 0 Å². The summed E-state index contributed by atoms with van der Waals surface area (Å²) in [5, 5.41) is 9.17. The fraction of sp³-hybridized carbons (Fsp3) is 0.231. The number of nitrogens with zero attached hydrogens (tertiary/aromatic N) is 3. The standard InChI is InChI=1S/C13H12ClFN4/c14-10-7-17-19(8-10)12-5-6-16-18-13(12)9-1-3-11(15)4-2-9/h1-4,7-8,12,16H,5-6H2. The number of rotatable bonds is 2. The smallest absolute Gasteiger partial charge is 0.123 e. The Morgan fingerprint density at radius 3 is 2.79 bits per heavy atom. The van der Waals surface area contributed by atoms with Crippen molar-refractivity contribution in [2.45, 2.75) is 12.5 Å². The summed E-state index contributed by atoms with van der Waals surface area (Å²) in [5.41, 5.74) is 4.69. The first-order chi connectivity index (χ1) is 9.24. The van der Waals surface area contributed by atoms with Gasteiger partial charge < -0.3 is 5.43 Å². The minimum Gasteiger partial charge on any atom is -0.310 e. The number of benzene rings is 1. The molecule has 1 atom stereocenters. The molecule has 1 unspecified atom stereocenters. The average molecular weight is 279 g/mol. The van der Waals surface area contributed by atoms with Crippen LogP contribution in [0.3, 0.4) is 0 Å². The Labute approximate surface area is 114 Å². The molecule has 1 aliphatic heterocycles. The van der Waals surface area contributed by atoms with Crippen molar-refractivity contribution in [3.63, 3.8) is 0 Å². The van der Waals surface area contributed by atoms with Crippen LogP contribution in [0.5, 0.6) is 0 Å². The summed E-state index contributed by atoms with van der Waals surface area (Å²) in [6, 6.07) is 6.32. The molecule has 1 aliphatic rings. The van der Waals surface area contributed by atoms with Crippen molar-refractivity contribution in [1.29, 1.82) is 0 Å². The van der Waals surface area contributed by atoms with Gasteiger partial charge in [0, 0.05) is 18.3 Å². The highest BCUT2D eigenvalue weighted by atomic mass is 35.5. The third-order valence-corrected chi connectivity index (χ3v) is 3.27. The maximum Gasteiger partial charge on any atom is 0.123 e. The van der Waals surface area contributed by atoms with Crippen LogP contribution in [-0.2, 0) is 0 Å². The summed E-state index contributed by atoms with van der Waals surface area (Å²) >= 11 is 5.91. The Bertz CT molecular complexity index is 605. The summed E-state index contributed by atoms with van der Waals surface area (Å²) in [4.78, 5) is 0. The topological polar surface area (TPSA) is 42.2 Å². The average Bonchev–Trinajstić information content (AvgIpc) is 2.86. The van der Waals surface area contributed by atoms with Gasteiger partial charge in [-0.1, -0.05) is 23.7 Å². The molecular weight excluding hydrogens is 267 g/mol. The lowest BCUT2D eigenvalue weighted by molar-refractivity contribution is 0.484. The first-order valence-electron chi connectivity index (χ1n) is 6.00. The van der Waals surface area contributed by atoms with Crippen LogP contribution in [0, 0.1) is 5.82 Å². The van der Waals surface area contributed by atoms with Gasteiger partial charge in [-0.05, 0) is 18.6 Å². The Kier molecular flexibility index (Phi) is 3.21. The number of aromatic nitrogens is 2. The lowest BCUT2D eigenvalue weighted by Gasteiger charge is -2.24. The SMILES string of the molecule is Fc1ccc(C2=NNCCC2n2cc(Cl)cn2)cc1. The van der Waals surface area contributed by atoms with E-state index in [1.165, 1.54) is 12.1 Å². The molecule has 0 radical (unpaired) electrons. The predicted molar refractivity (Wildman–Crippen MR) is 71.8 cm³/mol. The molecule has 98 valence electrons. The summed E-state index contributed by atoms with van der Waals surface area (Å²) in [7, 11) is 0. The maximum atomic E-state index is 13.0. The van der Waals surface area contributed by atoms with E-state index in [9.17, 15) is 4.39 Å². The van der Waals surface area contributed by atoms with Crippen LogP contribution >= 0.6 is 11.6 Å². The molecule has 0 amide bonds. The van der Waals surface area contributed by atoms with Gasteiger partial charge in [-0.25, -0.2) is 4.39 Å². The van der Waals surface area contributed by atoms with Crippen molar-refractivity contribution in [2.75, 3.05) is 6.54 Å². The van der Waals surface area contributed by atoms with Crippen LogP contribution in [-0.4, -0.2) is 22.0 Å². The fourth-order valence-corrected chi connectivity index (χ4v) is 2.32. The summed E-state index contributed by atoms with van der Waals surface area (Å²) in [6.07, 6.45) is 4.23. The summed E-state index contributed by atoms with van der Waals surface area (Å²) in [6.45, 7) is 0.771. The zero-order valence-electron chi connectivity index (χ0n) is 10.1. The van der Waals surface area contributed by atoms with Gasteiger partial charge in [-0.2, -0.15) is 10.2 Å². The highest BCUT2D eigenvalue weighted by Crippen LogP contribution is 2.22. The molecule has 0 saturated heterocycles. The minimum atomic E-state index is -0.258. The van der Waals surface area contributed by atoms with E-state index in [0.29, 0.717) is 5.02 Å². The molecule has 1 aromatic carbocycles. The van der Waals surface area contributed by atoms with Crippen LogP contribution in [0.25, 0.3) is 0 Å². The van der Waals surface area contributed by atoms with E-state index in [2.05, 4.69) is 15.6 Å². The van der Waals surface area contributed by atoms with Crippen LogP contribution in [0.2, 0.25) is 5.02 Å². The summed E-state index contributed by atoms with van der Waals surface area (Å²) < 4.78 is 14.8. The van der Waals surface area contributed by atoms with E-state index in [-0.39, 0.29) is 11.9 Å². The van der Waals surface area contributed by atoms with Gasteiger partial charge in [0.2, 0.25) is 0 Å². The third-order valence-electron chi connectivity index (χ3n) is 3.07. The fourth-order valence-electron chi connectivity index (χ4n) is 2.17. The first-order valence-corrected chi connectivity index (χ1v) is 6.38. The van der Waals surface area contributed by atoms with Crippen molar-refractivity contribution in [2.24, 2.45) is 5.10 Å². The van der Waals surface area contributed by atoms with Crippen LogP contribution in [0.15, 0.2) is 41.8 Å². The second-order valence-electron chi connectivity index (χ2n) is 4.36. The quantitative estimate of drug-likeness (QED) is 0.917. The van der Waals surface area contributed by atoms with Gasteiger partial charge >= 0.3 is 0 Å². The van der Waals surface area contributed by atoms with Gasteiger partial charge in [-0.15, -0.1) is 0 Å². The summed E-state index contributed by atoms with van der Waals surface area (Å²) in [5.74, 6) is -0.258.